The van der Waals surface area contributed by atoms with E-state index in [9.17, 15) is 8.42 Å². The van der Waals surface area contributed by atoms with Crippen molar-refractivity contribution in [2.75, 3.05) is 37.8 Å². The van der Waals surface area contributed by atoms with Crippen molar-refractivity contribution in [2.45, 2.75) is 25.2 Å². The van der Waals surface area contributed by atoms with Gasteiger partial charge >= 0.3 is 0 Å². The maximum absolute atomic E-state index is 12.3. The van der Waals surface area contributed by atoms with Crippen LogP contribution in [0.5, 0.6) is 0 Å². The lowest BCUT2D eigenvalue weighted by Gasteiger charge is -2.23. The Morgan fingerprint density at radius 2 is 2.00 bits per heavy atom. The van der Waals surface area contributed by atoms with E-state index in [1.807, 2.05) is 6.07 Å². The molecule has 0 amide bonds. The SMILES string of the molecule is CC(C)C1CCN(c2cccc(S(=O)(=O)N(C)C)c2N)C1. The molecule has 0 radical (unpaired) electrons. The van der Waals surface area contributed by atoms with E-state index in [0.29, 0.717) is 17.5 Å². The van der Waals surface area contributed by atoms with Gasteiger partial charge < -0.3 is 10.6 Å². The molecule has 1 fully saturated rings. The average molecular weight is 311 g/mol. The van der Waals surface area contributed by atoms with Crippen LogP contribution < -0.4 is 10.6 Å². The first-order valence-electron chi connectivity index (χ1n) is 7.31. The molecule has 1 unspecified atom stereocenters. The van der Waals surface area contributed by atoms with Crippen molar-refractivity contribution < 1.29 is 8.42 Å². The highest BCUT2D eigenvalue weighted by Crippen LogP contribution is 2.35. The number of para-hydroxylation sites is 1. The summed E-state index contributed by atoms with van der Waals surface area (Å²) in [5.74, 6) is 1.27. The zero-order chi connectivity index (χ0) is 15.8. The van der Waals surface area contributed by atoms with E-state index in [2.05, 4.69) is 18.7 Å². The Morgan fingerprint density at radius 3 is 2.52 bits per heavy atom. The lowest BCUT2D eigenvalue weighted by Crippen LogP contribution is -2.26. The van der Waals surface area contributed by atoms with Crippen LogP contribution in [0.2, 0.25) is 0 Å². The van der Waals surface area contributed by atoms with Gasteiger partial charge in [0.15, 0.2) is 0 Å². The predicted molar refractivity (Wildman–Crippen MR) is 86.9 cm³/mol. The first-order chi connectivity index (χ1) is 9.75. The van der Waals surface area contributed by atoms with Crippen LogP contribution in [0.3, 0.4) is 0 Å². The van der Waals surface area contributed by atoms with Gasteiger partial charge in [0.1, 0.15) is 4.90 Å². The van der Waals surface area contributed by atoms with E-state index in [1.165, 1.54) is 18.4 Å². The molecule has 0 aromatic heterocycles. The molecule has 1 aliphatic rings. The fraction of sp³-hybridized carbons (Fsp3) is 0.600. The molecule has 1 saturated heterocycles. The molecule has 6 heteroatoms. The fourth-order valence-corrected chi connectivity index (χ4v) is 3.81. The van der Waals surface area contributed by atoms with Crippen LogP contribution in [0, 0.1) is 11.8 Å². The highest BCUT2D eigenvalue weighted by atomic mass is 32.2. The molecule has 0 aliphatic carbocycles. The molecule has 2 N–H and O–H groups in total. The van der Waals surface area contributed by atoms with Gasteiger partial charge in [-0.05, 0) is 30.4 Å². The number of sulfonamides is 1. The quantitative estimate of drug-likeness (QED) is 0.864. The van der Waals surface area contributed by atoms with E-state index >= 15 is 0 Å². The van der Waals surface area contributed by atoms with Gasteiger partial charge in [0, 0.05) is 27.2 Å². The van der Waals surface area contributed by atoms with Gasteiger partial charge in [-0.2, -0.15) is 0 Å². The number of rotatable bonds is 4. The molecule has 1 aromatic rings. The monoisotopic (exact) mass is 311 g/mol. The number of anilines is 2. The normalized spacial score (nSPS) is 19.7. The summed E-state index contributed by atoms with van der Waals surface area (Å²) in [4.78, 5) is 2.40. The third-order valence-corrected chi connectivity index (χ3v) is 6.18. The Kier molecular flexibility index (Phi) is 4.49. The summed E-state index contributed by atoms with van der Waals surface area (Å²) in [7, 11) is -0.468. The lowest BCUT2D eigenvalue weighted by molar-refractivity contribution is 0.423. The van der Waals surface area contributed by atoms with E-state index < -0.39 is 10.0 Å². The summed E-state index contributed by atoms with van der Waals surface area (Å²) in [5.41, 5.74) is 7.35. The van der Waals surface area contributed by atoms with Crippen molar-refractivity contribution in [3.63, 3.8) is 0 Å². The van der Waals surface area contributed by atoms with Crippen LogP contribution in [0.1, 0.15) is 20.3 Å². The van der Waals surface area contributed by atoms with Crippen molar-refractivity contribution in [1.29, 1.82) is 0 Å². The molecule has 1 heterocycles. The molecule has 1 aliphatic heterocycles. The second kappa shape index (κ2) is 5.85. The van der Waals surface area contributed by atoms with Gasteiger partial charge in [-0.15, -0.1) is 0 Å². The number of hydrogen-bond donors (Lipinski definition) is 1. The Hall–Kier alpha value is -1.27. The summed E-state index contributed by atoms with van der Waals surface area (Å²) in [6.07, 6.45) is 1.13. The molecule has 2 rings (SSSR count). The second-order valence-electron chi connectivity index (χ2n) is 6.22. The van der Waals surface area contributed by atoms with Crippen LogP contribution in [0.15, 0.2) is 23.1 Å². The number of nitrogen functional groups attached to an aromatic ring is 1. The smallest absolute Gasteiger partial charge is 0.244 e. The molecule has 21 heavy (non-hydrogen) atoms. The minimum atomic E-state index is -3.51. The number of nitrogens with zero attached hydrogens (tertiary/aromatic N) is 2. The van der Waals surface area contributed by atoms with Gasteiger partial charge in [-0.1, -0.05) is 19.9 Å². The molecular formula is C15H25N3O2S. The minimum Gasteiger partial charge on any atom is -0.396 e. The predicted octanol–water partition coefficient (Wildman–Crippen LogP) is 2.00. The lowest BCUT2D eigenvalue weighted by atomic mass is 9.95. The van der Waals surface area contributed by atoms with Crippen LogP contribution >= 0.6 is 0 Å². The molecule has 0 bridgehead atoms. The maximum atomic E-state index is 12.3. The van der Waals surface area contributed by atoms with E-state index in [-0.39, 0.29) is 4.90 Å². The highest BCUT2D eigenvalue weighted by molar-refractivity contribution is 7.89. The third kappa shape index (κ3) is 3.01. The molecule has 1 aromatic carbocycles. The number of hydrogen-bond acceptors (Lipinski definition) is 4. The zero-order valence-electron chi connectivity index (χ0n) is 13.2. The van der Waals surface area contributed by atoms with Gasteiger partial charge in [0.2, 0.25) is 10.0 Å². The minimum absolute atomic E-state index is 0.193. The summed E-state index contributed by atoms with van der Waals surface area (Å²) < 4.78 is 25.8. The summed E-state index contributed by atoms with van der Waals surface area (Å²) in [5, 5.41) is 0. The zero-order valence-corrected chi connectivity index (χ0v) is 14.0. The van der Waals surface area contributed by atoms with Gasteiger partial charge in [-0.3, -0.25) is 0 Å². The van der Waals surface area contributed by atoms with Crippen molar-refractivity contribution in [1.82, 2.24) is 4.31 Å². The van der Waals surface area contributed by atoms with Crippen LogP contribution in [0.4, 0.5) is 11.4 Å². The van der Waals surface area contributed by atoms with E-state index in [0.717, 1.165) is 25.2 Å². The molecular weight excluding hydrogens is 286 g/mol. The maximum Gasteiger partial charge on any atom is 0.244 e. The third-order valence-electron chi connectivity index (χ3n) is 4.31. The number of nitrogens with two attached hydrogens (primary N) is 1. The average Bonchev–Trinajstić information content (AvgIpc) is 2.88. The van der Waals surface area contributed by atoms with Gasteiger partial charge in [-0.25, -0.2) is 12.7 Å². The molecule has 0 spiro atoms. The van der Waals surface area contributed by atoms with Gasteiger partial charge in [0.05, 0.1) is 11.4 Å². The van der Waals surface area contributed by atoms with Crippen molar-refractivity contribution in [2.24, 2.45) is 11.8 Å². The Balaban J connectivity index is 2.36. The topological polar surface area (TPSA) is 66.6 Å². The van der Waals surface area contributed by atoms with Crippen molar-refractivity contribution in [3.05, 3.63) is 18.2 Å². The molecule has 5 nitrogen and oxygen atoms in total. The van der Waals surface area contributed by atoms with Crippen LogP contribution in [-0.4, -0.2) is 39.9 Å². The van der Waals surface area contributed by atoms with E-state index in [1.54, 1.807) is 12.1 Å². The first kappa shape index (κ1) is 16.1. The van der Waals surface area contributed by atoms with E-state index in [4.69, 9.17) is 5.73 Å². The Morgan fingerprint density at radius 1 is 1.33 bits per heavy atom. The molecule has 118 valence electrons. The van der Waals surface area contributed by atoms with Crippen molar-refractivity contribution >= 4 is 21.4 Å². The Bertz CT molecular complexity index is 611. The largest absolute Gasteiger partial charge is 0.396 e. The van der Waals surface area contributed by atoms with Crippen molar-refractivity contribution in [3.8, 4) is 0 Å². The van der Waals surface area contributed by atoms with Crippen LogP contribution in [-0.2, 0) is 10.0 Å². The summed E-state index contributed by atoms with van der Waals surface area (Å²) >= 11 is 0. The number of benzene rings is 1. The highest BCUT2D eigenvalue weighted by Gasteiger charge is 2.28. The van der Waals surface area contributed by atoms with Gasteiger partial charge in [0.25, 0.3) is 0 Å². The fourth-order valence-electron chi connectivity index (χ4n) is 2.78. The standard InChI is InChI=1S/C15H25N3O2S/c1-11(2)12-8-9-18(10-12)13-6-5-7-14(15(13)16)21(19,20)17(3)4/h5-7,11-12H,8-10,16H2,1-4H3. The Labute approximate surface area is 127 Å². The van der Waals surface area contributed by atoms with Crippen LogP contribution in [0.25, 0.3) is 0 Å². The summed E-state index contributed by atoms with van der Waals surface area (Å²) in [6, 6.07) is 5.25. The second-order valence-corrected chi connectivity index (χ2v) is 8.34. The summed E-state index contributed by atoms with van der Waals surface area (Å²) in [6.45, 7) is 6.32. The molecule has 1 atom stereocenters. The first-order valence-corrected chi connectivity index (χ1v) is 8.75. The molecule has 0 saturated carbocycles.